The largest absolute Gasteiger partial charge is 0.215 e. The first kappa shape index (κ1) is 13.9. The van der Waals surface area contributed by atoms with Gasteiger partial charge in [0, 0.05) is 6.54 Å². The van der Waals surface area contributed by atoms with Gasteiger partial charge in [0.25, 0.3) is 0 Å². The summed E-state index contributed by atoms with van der Waals surface area (Å²) in [5.74, 6) is 0.117. The third kappa shape index (κ3) is 5.15. The molecule has 0 saturated heterocycles. The fourth-order valence-electron chi connectivity index (χ4n) is 1.58. The van der Waals surface area contributed by atoms with Gasteiger partial charge in [0.2, 0.25) is 10.0 Å². The molecule has 1 N–H and O–H groups in total. The molecule has 0 amide bonds. The van der Waals surface area contributed by atoms with Gasteiger partial charge in [-0.1, -0.05) is 43.3 Å². The molecule has 0 aliphatic rings. The highest BCUT2D eigenvalue weighted by Crippen LogP contribution is 2.16. The van der Waals surface area contributed by atoms with Crippen LogP contribution in [0.2, 0.25) is 0 Å². The van der Waals surface area contributed by atoms with Crippen molar-refractivity contribution in [1.29, 1.82) is 0 Å². The van der Waals surface area contributed by atoms with Crippen molar-refractivity contribution in [2.24, 2.45) is 0 Å². The minimum atomic E-state index is -3.20. The molecular formula is C13H19NO2S. The van der Waals surface area contributed by atoms with Gasteiger partial charge in [-0.2, -0.15) is 0 Å². The van der Waals surface area contributed by atoms with E-state index in [-0.39, 0.29) is 11.7 Å². The van der Waals surface area contributed by atoms with Crippen LogP contribution in [0.4, 0.5) is 0 Å². The first-order chi connectivity index (χ1) is 8.05. The Morgan fingerprint density at radius 2 is 2.00 bits per heavy atom. The number of nitrogens with one attached hydrogen (secondary N) is 1. The molecule has 0 aliphatic carbocycles. The Labute approximate surface area is 104 Å². The van der Waals surface area contributed by atoms with Gasteiger partial charge in [0.05, 0.1) is 5.75 Å². The number of hydrogen-bond donors (Lipinski definition) is 1. The van der Waals surface area contributed by atoms with Crippen molar-refractivity contribution < 1.29 is 8.42 Å². The van der Waals surface area contributed by atoms with E-state index in [0.29, 0.717) is 13.0 Å². The average molecular weight is 253 g/mol. The summed E-state index contributed by atoms with van der Waals surface area (Å²) in [5, 5.41) is 0. The van der Waals surface area contributed by atoms with Gasteiger partial charge in [0.1, 0.15) is 0 Å². The quantitative estimate of drug-likeness (QED) is 0.598. The van der Waals surface area contributed by atoms with Crippen molar-refractivity contribution in [3.05, 3.63) is 48.6 Å². The van der Waals surface area contributed by atoms with Crippen molar-refractivity contribution in [1.82, 2.24) is 4.72 Å². The molecule has 1 rings (SSSR count). The molecule has 0 aromatic heterocycles. The Kier molecular flexibility index (Phi) is 5.38. The average Bonchev–Trinajstić information content (AvgIpc) is 2.30. The predicted octanol–water partition coefficient (Wildman–Crippen LogP) is 2.29. The minimum Gasteiger partial charge on any atom is -0.215 e. The van der Waals surface area contributed by atoms with Crippen molar-refractivity contribution in [2.45, 2.75) is 19.3 Å². The molecule has 4 heteroatoms. The highest BCUT2D eigenvalue weighted by atomic mass is 32.2. The number of hydrogen-bond acceptors (Lipinski definition) is 2. The molecule has 0 spiro atoms. The van der Waals surface area contributed by atoms with E-state index >= 15 is 0 Å². The summed E-state index contributed by atoms with van der Waals surface area (Å²) in [6, 6.07) is 9.66. The van der Waals surface area contributed by atoms with Gasteiger partial charge in [0.15, 0.2) is 0 Å². The normalized spacial score (nSPS) is 13.2. The van der Waals surface area contributed by atoms with Gasteiger partial charge in [-0.3, -0.25) is 0 Å². The molecule has 0 bridgehead atoms. The molecule has 1 aromatic carbocycles. The summed E-state index contributed by atoms with van der Waals surface area (Å²) >= 11 is 0. The lowest BCUT2D eigenvalue weighted by Gasteiger charge is -2.12. The second-order valence-electron chi connectivity index (χ2n) is 4.06. The molecular weight excluding hydrogens is 234 g/mol. The van der Waals surface area contributed by atoms with Crippen LogP contribution in [-0.2, 0) is 10.0 Å². The van der Waals surface area contributed by atoms with Gasteiger partial charge in [-0.25, -0.2) is 13.1 Å². The smallest absolute Gasteiger partial charge is 0.212 e. The van der Waals surface area contributed by atoms with Crippen molar-refractivity contribution in [2.75, 3.05) is 12.3 Å². The molecule has 94 valence electrons. The Bertz CT molecular complexity index is 440. The maximum atomic E-state index is 11.7. The number of benzene rings is 1. The molecule has 0 saturated carbocycles. The molecule has 17 heavy (non-hydrogen) atoms. The zero-order valence-electron chi connectivity index (χ0n) is 10.1. The Balaban J connectivity index is 2.56. The lowest BCUT2D eigenvalue weighted by atomic mass is 10.0. The van der Waals surface area contributed by atoms with Crippen LogP contribution in [0.25, 0.3) is 0 Å². The third-order valence-electron chi connectivity index (χ3n) is 2.51. The van der Waals surface area contributed by atoms with Crippen LogP contribution in [0.5, 0.6) is 0 Å². The Morgan fingerprint density at radius 3 is 2.59 bits per heavy atom. The lowest BCUT2D eigenvalue weighted by Crippen LogP contribution is -2.29. The van der Waals surface area contributed by atoms with Crippen molar-refractivity contribution >= 4 is 10.0 Å². The van der Waals surface area contributed by atoms with Gasteiger partial charge in [-0.05, 0) is 17.9 Å². The Hall–Kier alpha value is -1.13. The molecule has 0 heterocycles. The Morgan fingerprint density at radius 1 is 1.35 bits per heavy atom. The van der Waals surface area contributed by atoms with Crippen LogP contribution < -0.4 is 4.72 Å². The molecule has 1 aromatic rings. The second-order valence-corrected chi connectivity index (χ2v) is 5.92. The third-order valence-corrected chi connectivity index (χ3v) is 4.09. The maximum Gasteiger partial charge on any atom is 0.212 e. The van der Waals surface area contributed by atoms with Crippen LogP contribution in [0.3, 0.4) is 0 Å². The van der Waals surface area contributed by atoms with Gasteiger partial charge in [-0.15, -0.1) is 6.58 Å². The summed E-state index contributed by atoms with van der Waals surface area (Å²) in [6.07, 6.45) is 2.35. The summed E-state index contributed by atoms with van der Waals surface area (Å²) in [7, 11) is -3.20. The van der Waals surface area contributed by atoms with E-state index in [1.807, 2.05) is 37.3 Å². The zero-order valence-corrected chi connectivity index (χ0v) is 10.9. The molecule has 0 radical (unpaired) electrons. The van der Waals surface area contributed by atoms with Crippen molar-refractivity contribution in [3.8, 4) is 0 Å². The highest BCUT2D eigenvalue weighted by molar-refractivity contribution is 7.89. The van der Waals surface area contributed by atoms with E-state index in [1.165, 1.54) is 0 Å². The number of sulfonamides is 1. The zero-order chi connectivity index (χ0) is 12.7. The minimum absolute atomic E-state index is 0.00238. The maximum absolute atomic E-state index is 11.7. The van der Waals surface area contributed by atoms with Crippen molar-refractivity contribution in [3.63, 3.8) is 0 Å². The monoisotopic (exact) mass is 253 g/mol. The summed E-state index contributed by atoms with van der Waals surface area (Å²) in [4.78, 5) is 0. The summed E-state index contributed by atoms with van der Waals surface area (Å²) in [6.45, 7) is 5.90. The topological polar surface area (TPSA) is 46.2 Å². The SMILES string of the molecule is C=CCCNS(=O)(=O)CC(C)c1ccccc1. The molecule has 1 unspecified atom stereocenters. The molecule has 0 aliphatic heterocycles. The molecule has 1 atom stereocenters. The fourth-order valence-corrected chi connectivity index (χ4v) is 2.98. The standard InChI is InChI=1S/C13H19NO2S/c1-3-4-10-14-17(15,16)11-12(2)13-8-6-5-7-9-13/h3,5-9,12,14H,1,4,10-11H2,2H3. The van der Waals surface area contributed by atoms with Crippen LogP contribution in [0, 0.1) is 0 Å². The first-order valence-corrected chi connectivity index (χ1v) is 7.33. The second kappa shape index (κ2) is 6.57. The first-order valence-electron chi connectivity index (χ1n) is 5.68. The fraction of sp³-hybridized carbons (Fsp3) is 0.385. The van der Waals surface area contributed by atoms with E-state index in [1.54, 1.807) is 6.08 Å². The lowest BCUT2D eigenvalue weighted by molar-refractivity contribution is 0.576. The summed E-state index contributed by atoms with van der Waals surface area (Å²) < 4.78 is 26.0. The van der Waals surface area contributed by atoms with E-state index in [4.69, 9.17) is 0 Å². The number of rotatable bonds is 7. The van der Waals surface area contributed by atoms with E-state index in [9.17, 15) is 8.42 Å². The van der Waals surface area contributed by atoms with Crippen LogP contribution >= 0.6 is 0 Å². The summed E-state index contributed by atoms with van der Waals surface area (Å²) in [5.41, 5.74) is 1.04. The van der Waals surface area contributed by atoms with E-state index in [0.717, 1.165) is 5.56 Å². The highest BCUT2D eigenvalue weighted by Gasteiger charge is 2.15. The van der Waals surface area contributed by atoms with Crippen LogP contribution in [0.1, 0.15) is 24.8 Å². The van der Waals surface area contributed by atoms with Crippen LogP contribution in [0.15, 0.2) is 43.0 Å². The van der Waals surface area contributed by atoms with Gasteiger partial charge < -0.3 is 0 Å². The van der Waals surface area contributed by atoms with Crippen LogP contribution in [-0.4, -0.2) is 20.7 Å². The van der Waals surface area contributed by atoms with E-state index in [2.05, 4.69) is 11.3 Å². The van der Waals surface area contributed by atoms with Gasteiger partial charge >= 0.3 is 0 Å². The molecule has 3 nitrogen and oxygen atoms in total. The van der Waals surface area contributed by atoms with E-state index < -0.39 is 10.0 Å². The predicted molar refractivity (Wildman–Crippen MR) is 71.5 cm³/mol. The molecule has 0 fully saturated rings.